The average molecular weight is 179 g/mol. The lowest BCUT2D eigenvalue weighted by Crippen LogP contribution is -1.76. The summed E-state index contributed by atoms with van der Waals surface area (Å²) >= 11 is 11.4. The Hall–Kier alpha value is 0.340. The molecule has 0 amide bonds. The fourth-order valence-corrected chi connectivity index (χ4v) is 2.08. The minimum atomic E-state index is 0.867. The maximum atomic E-state index is 5.69. The van der Waals surface area contributed by atoms with E-state index in [0.717, 1.165) is 16.5 Å². The normalized spacial score (nSPS) is 10.0. The molecule has 0 radical (unpaired) electrons. The highest BCUT2D eigenvalue weighted by molar-refractivity contribution is 7.80. The summed E-state index contributed by atoms with van der Waals surface area (Å²) in [4.78, 5) is 1.31. The first-order valence-electron chi connectivity index (χ1n) is 2.68. The van der Waals surface area contributed by atoms with Gasteiger partial charge in [-0.05, 0) is 24.3 Å². The summed E-state index contributed by atoms with van der Waals surface area (Å²) in [6, 6.07) is 3.97. The minimum Gasteiger partial charge on any atom is -0.179 e. The SMILES string of the molecule is SCCc1ccc(Cl)s1. The van der Waals surface area contributed by atoms with Crippen molar-refractivity contribution in [1.82, 2.24) is 0 Å². The van der Waals surface area contributed by atoms with Crippen molar-refractivity contribution in [3.05, 3.63) is 21.3 Å². The maximum Gasteiger partial charge on any atom is 0.0931 e. The number of halogens is 1. The zero-order chi connectivity index (χ0) is 6.69. The molecule has 0 aliphatic heterocycles. The van der Waals surface area contributed by atoms with E-state index in [0.29, 0.717) is 0 Å². The third-order valence-electron chi connectivity index (χ3n) is 0.987. The Balaban J connectivity index is 2.61. The lowest BCUT2D eigenvalue weighted by molar-refractivity contribution is 1.21. The van der Waals surface area contributed by atoms with E-state index in [1.807, 2.05) is 12.1 Å². The molecule has 1 aromatic rings. The number of aryl methyl sites for hydroxylation is 1. The van der Waals surface area contributed by atoms with Crippen LogP contribution in [0, 0.1) is 0 Å². The van der Waals surface area contributed by atoms with Crippen LogP contribution in [0.3, 0.4) is 0 Å². The molecule has 50 valence electrons. The second kappa shape index (κ2) is 3.49. The number of thiol groups is 1. The van der Waals surface area contributed by atoms with Crippen molar-refractivity contribution in [3.63, 3.8) is 0 Å². The third kappa shape index (κ3) is 2.20. The molecular formula is C6H7ClS2. The first-order chi connectivity index (χ1) is 4.33. The molecule has 1 heterocycles. The molecule has 0 fully saturated rings. The summed E-state index contributed by atoms with van der Waals surface area (Å²) in [5.74, 6) is 0.900. The van der Waals surface area contributed by atoms with Crippen LogP contribution >= 0.6 is 35.6 Å². The van der Waals surface area contributed by atoms with Crippen LogP contribution in [0.5, 0.6) is 0 Å². The van der Waals surface area contributed by atoms with Gasteiger partial charge in [0.15, 0.2) is 0 Å². The number of hydrogen-bond acceptors (Lipinski definition) is 2. The van der Waals surface area contributed by atoms with Gasteiger partial charge in [0.05, 0.1) is 4.34 Å². The molecule has 3 heteroatoms. The minimum absolute atomic E-state index is 0.867. The Morgan fingerprint density at radius 2 is 2.33 bits per heavy atom. The van der Waals surface area contributed by atoms with Crippen LogP contribution in [0.25, 0.3) is 0 Å². The predicted octanol–water partition coefficient (Wildman–Crippen LogP) is 2.87. The average Bonchev–Trinajstić information content (AvgIpc) is 2.17. The lowest BCUT2D eigenvalue weighted by atomic mass is 10.4. The molecule has 1 aromatic heterocycles. The molecule has 0 unspecified atom stereocenters. The van der Waals surface area contributed by atoms with Crippen molar-refractivity contribution < 1.29 is 0 Å². The highest BCUT2D eigenvalue weighted by Gasteiger charge is 1.94. The van der Waals surface area contributed by atoms with Gasteiger partial charge in [0.2, 0.25) is 0 Å². The summed E-state index contributed by atoms with van der Waals surface area (Å²) in [6.45, 7) is 0. The number of hydrogen-bond donors (Lipinski definition) is 1. The van der Waals surface area contributed by atoms with Gasteiger partial charge >= 0.3 is 0 Å². The molecular weight excluding hydrogens is 172 g/mol. The zero-order valence-electron chi connectivity index (χ0n) is 4.80. The molecule has 0 atom stereocenters. The van der Waals surface area contributed by atoms with E-state index < -0.39 is 0 Å². The van der Waals surface area contributed by atoms with Crippen LogP contribution in [0.4, 0.5) is 0 Å². The van der Waals surface area contributed by atoms with Gasteiger partial charge in [-0.1, -0.05) is 11.6 Å². The summed E-state index contributed by atoms with van der Waals surface area (Å²) < 4.78 is 0.867. The summed E-state index contributed by atoms with van der Waals surface area (Å²) in [6.07, 6.45) is 1.03. The van der Waals surface area contributed by atoms with Crippen LogP contribution in [0.1, 0.15) is 4.88 Å². The zero-order valence-corrected chi connectivity index (χ0v) is 7.27. The van der Waals surface area contributed by atoms with Gasteiger partial charge in [-0.15, -0.1) is 11.3 Å². The molecule has 0 spiro atoms. The Bertz CT molecular complexity index is 183. The molecule has 0 nitrogen and oxygen atoms in total. The van der Waals surface area contributed by atoms with Crippen molar-refractivity contribution in [2.24, 2.45) is 0 Å². The Kier molecular flexibility index (Phi) is 2.89. The summed E-state index contributed by atoms with van der Waals surface area (Å²) in [5.41, 5.74) is 0. The van der Waals surface area contributed by atoms with Crippen LogP contribution in [0.15, 0.2) is 12.1 Å². The number of rotatable bonds is 2. The Labute approximate surface area is 69.3 Å². The van der Waals surface area contributed by atoms with E-state index in [9.17, 15) is 0 Å². The molecule has 0 aromatic carbocycles. The maximum absolute atomic E-state index is 5.69. The van der Waals surface area contributed by atoms with Gasteiger partial charge in [-0.3, -0.25) is 0 Å². The smallest absolute Gasteiger partial charge is 0.0931 e. The monoisotopic (exact) mass is 178 g/mol. The van der Waals surface area contributed by atoms with Crippen molar-refractivity contribution in [1.29, 1.82) is 0 Å². The summed E-state index contributed by atoms with van der Waals surface area (Å²) in [7, 11) is 0. The van der Waals surface area contributed by atoms with E-state index in [-0.39, 0.29) is 0 Å². The van der Waals surface area contributed by atoms with Crippen LogP contribution < -0.4 is 0 Å². The number of thiophene rings is 1. The van der Waals surface area contributed by atoms with Crippen LogP contribution in [0.2, 0.25) is 4.34 Å². The molecule has 0 N–H and O–H groups in total. The van der Waals surface area contributed by atoms with E-state index >= 15 is 0 Å². The second-order valence-corrected chi connectivity index (χ2v) is 3.93. The van der Waals surface area contributed by atoms with Crippen molar-refractivity contribution in [2.45, 2.75) is 6.42 Å². The van der Waals surface area contributed by atoms with E-state index in [2.05, 4.69) is 12.6 Å². The predicted molar refractivity (Wildman–Crippen MR) is 46.9 cm³/mol. The summed E-state index contributed by atoms with van der Waals surface area (Å²) in [5, 5.41) is 0. The van der Waals surface area contributed by atoms with E-state index in [1.165, 1.54) is 4.88 Å². The molecule has 0 aliphatic rings. The highest BCUT2D eigenvalue weighted by atomic mass is 35.5. The Morgan fingerprint density at radius 1 is 1.56 bits per heavy atom. The highest BCUT2D eigenvalue weighted by Crippen LogP contribution is 2.21. The van der Waals surface area contributed by atoms with Gasteiger partial charge in [-0.25, -0.2) is 0 Å². The van der Waals surface area contributed by atoms with Crippen LogP contribution in [-0.4, -0.2) is 5.75 Å². The molecule has 0 saturated carbocycles. The van der Waals surface area contributed by atoms with Gasteiger partial charge in [0, 0.05) is 4.88 Å². The first-order valence-corrected chi connectivity index (χ1v) is 4.50. The largest absolute Gasteiger partial charge is 0.179 e. The molecule has 0 aliphatic carbocycles. The molecule has 1 rings (SSSR count). The van der Waals surface area contributed by atoms with Gasteiger partial charge in [0.1, 0.15) is 0 Å². The van der Waals surface area contributed by atoms with Gasteiger partial charge in [0.25, 0.3) is 0 Å². The third-order valence-corrected chi connectivity index (χ3v) is 2.50. The van der Waals surface area contributed by atoms with Gasteiger partial charge in [-0.2, -0.15) is 12.6 Å². The fourth-order valence-electron chi connectivity index (χ4n) is 0.596. The molecule has 9 heavy (non-hydrogen) atoms. The molecule has 0 saturated heterocycles. The van der Waals surface area contributed by atoms with E-state index in [1.54, 1.807) is 11.3 Å². The van der Waals surface area contributed by atoms with Crippen LogP contribution in [-0.2, 0) is 6.42 Å². The van der Waals surface area contributed by atoms with Crippen molar-refractivity contribution in [2.75, 3.05) is 5.75 Å². The van der Waals surface area contributed by atoms with Crippen molar-refractivity contribution in [3.8, 4) is 0 Å². The fraction of sp³-hybridized carbons (Fsp3) is 0.333. The topological polar surface area (TPSA) is 0 Å². The molecule has 0 bridgehead atoms. The first kappa shape index (κ1) is 7.45. The standard InChI is InChI=1S/C6H7ClS2/c7-6-2-1-5(9-6)3-4-8/h1-2,8H,3-4H2. The lowest BCUT2D eigenvalue weighted by Gasteiger charge is -1.85. The van der Waals surface area contributed by atoms with Gasteiger partial charge < -0.3 is 0 Å². The van der Waals surface area contributed by atoms with Crippen molar-refractivity contribution >= 4 is 35.6 Å². The van der Waals surface area contributed by atoms with E-state index in [4.69, 9.17) is 11.6 Å². The Morgan fingerprint density at radius 3 is 2.78 bits per heavy atom. The second-order valence-electron chi connectivity index (χ2n) is 1.68. The quantitative estimate of drug-likeness (QED) is 0.662.